The van der Waals surface area contributed by atoms with Gasteiger partial charge in [0.25, 0.3) is 0 Å². The molecule has 0 fully saturated rings. The highest BCUT2D eigenvalue weighted by Gasteiger charge is 2.34. The van der Waals surface area contributed by atoms with Crippen LogP contribution in [0.5, 0.6) is 0 Å². The van der Waals surface area contributed by atoms with Crippen LogP contribution in [-0.4, -0.2) is 38.5 Å². The molecular weight excluding hydrogens is 380 g/mol. The highest BCUT2D eigenvalue weighted by molar-refractivity contribution is 6.30. The molecule has 2 heterocycles. The lowest BCUT2D eigenvalue weighted by molar-refractivity contribution is 0.0697. The van der Waals surface area contributed by atoms with E-state index < -0.39 is 5.97 Å². The number of anilines is 1. The van der Waals surface area contributed by atoms with Crippen molar-refractivity contribution in [1.29, 1.82) is 0 Å². The highest BCUT2D eigenvalue weighted by Crippen LogP contribution is 2.34. The fourth-order valence-corrected chi connectivity index (χ4v) is 3.50. The number of urea groups is 1. The highest BCUT2D eigenvalue weighted by atomic mass is 35.5. The minimum Gasteiger partial charge on any atom is -0.478 e. The van der Waals surface area contributed by atoms with Gasteiger partial charge in [-0.3, -0.25) is 0 Å². The van der Waals surface area contributed by atoms with E-state index in [2.05, 4.69) is 15.3 Å². The van der Waals surface area contributed by atoms with Crippen molar-refractivity contribution in [2.45, 2.75) is 12.5 Å². The summed E-state index contributed by atoms with van der Waals surface area (Å²) in [6.45, 7) is 0.515. The fourth-order valence-electron chi connectivity index (χ4n) is 3.37. The molecule has 2 amide bonds. The molecule has 0 bridgehead atoms. The zero-order chi connectivity index (χ0) is 19.7. The summed E-state index contributed by atoms with van der Waals surface area (Å²) in [6, 6.07) is 12.8. The lowest BCUT2D eigenvalue weighted by Crippen LogP contribution is -2.43. The predicted molar refractivity (Wildman–Crippen MR) is 105 cm³/mol. The van der Waals surface area contributed by atoms with E-state index >= 15 is 0 Å². The molecule has 0 saturated carbocycles. The Morgan fingerprint density at radius 2 is 1.86 bits per heavy atom. The van der Waals surface area contributed by atoms with Crippen LogP contribution in [0.25, 0.3) is 0 Å². The van der Waals surface area contributed by atoms with Crippen molar-refractivity contribution in [1.82, 2.24) is 14.9 Å². The van der Waals surface area contributed by atoms with Crippen molar-refractivity contribution in [2.24, 2.45) is 0 Å². The third-order valence-electron chi connectivity index (χ3n) is 4.75. The first-order valence-electron chi connectivity index (χ1n) is 8.71. The topological polar surface area (TPSA) is 98.3 Å². The van der Waals surface area contributed by atoms with Gasteiger partial charge in [0.05, 0.1) is 17.6 Å². The molecule has 8 heteroatoms. The molecule has 1 aromatic heterocycles. The van der Waals surface area contributed by atoms with Crippen molar-refractivity contribution < 1.29 is 14.7 Å². The van der Waals surface area contributed by atoms with Gasteiger partial charge in [-0.15, -0.1) is 0 Å². The normalized spacial score (nSPS) is 15.8. The van der Waals surface area contributed by atoms with E-state index in [1.54, 1.807) is 35.5 Å². The number of fused-ring (bicyclic) bond motifs is 1. The quantitative estimate of drug-likeness (QED) is 0.624. The number of halogens is 1. The summed E-state index contributed by atoms with van der Waals surface area (Å²) in [7, 11) is 0. The molecule has 1 atom stereocenters. The first-order chi connectivity index (χ1) is 13.5. The van der Waals surface area contributed by atoms with Crippen LogP contribution in [0.4, 0.5) is 10.5 Å². The first-order valence-corrected chi connectivity index (χ1v) is 9.09. The third-order valence-corrected chi connectivity index (χ3v) is 5.01. The van der Waals surface area contributed by atoms with Crippen LogP contribution < -0.4 is 5.32 Å². The summed E-state index contributed by atoms with van der Waals surface area (Å²) >= 11 is 6.01. The van der Waals surface area contributed by atoms with Gasteiger partial charge in [-0.2, -0.15) is 0 Å². The Bertz CT molecular complexity index is 1010. The number of carboxylic acid groups (broad SMARTS) is 1. The molecular formula is C20H17ClN4O3. The second-order valence-corrected chi connectivity index (χ2v) is 6.91. The second-order valence-electron chi connectivity index (χ2n) is 6.48. The van der Waals surface area contributed by atoms with Crippen molar-refractivity contribution in [3.63, 3.8) is 0 Å². The van der Waals surface area contributed by atoms with Gasteiger partial charge in [0.15, 0.2) is 0 Å². The Balaban J connectivity index is 1.62. The summed E-state index contributed by atoms with van der Waals surface area (Å²) < 4.78 is 0. The predicted octanol–water partition coefficient (Wildman–Crippen LogP) is 3.94. The van der Waals surface area contributed by atoms with Gasteiger partial charge in [0, 0.05) is 29.4 Å². The molecule has 28 heavy (non-hydrogen) atoms. The van der Waals surface area contributed by atoms with Crippen molar-refractivity contribution in [3.05, 3.63) is 82.4 Å². The lowest BCUT2D eigenvalue weighted by atomic mass is 9.96. The third kappa shape index (κ3) is 3.44. The molecule has 3 N–H and O–H groups in total. The number of amides is 2. The monoisotopic (exact) mass is 396 g/mol. The molecule has 7 nitrogen and oxygen atoms in total. The van der Waals surface area contributed by atoms with E-state index in [1.807, 2.05) is 12.1 Å². The average molecular weight is 397 g/mol. The van der Waals surface area contributed by atoms with E-state index in [0.717, 1.165) is 17.0 Å². The number of benzene rings is 2. The smallest absolute Gasteiger partial charge is 0.335 e. The summed E-state index contributed by atoms with van der Waals surface area (Å²) in [4.78, 5) is 33.3. The number of carbonyl (C=O) groups excluding carboxylic acids is 1. The zero-order valence-electron chi connectivity index (χ0n) is 14.7. The van der Waals surface area contributed by atoms with Gasteiger partial charge < -0.3 is 20.3 Å². The van der Waals surface area contributed by atoms with E-state index in [0.29, 0.717) is 23.7 Å². The maximum atomic E-state index is 13.0. The Hall–Kier alpha value is -3.32. The van der Waals surface area contributed by atoms with Crippen LogP contribution in [-0.2, 0) is 6.42 Å². The number of H-pyrrole nitrogens is 1. The molecule has 142 valence electrons. The summed E-state index contributed by atoms with van der Waals surface area (Å²) in [6.07, 6.45) is 2.31. The lowest BCUT2D eigenvalue weighted by Gasteiger charge is -2.35. The molecule has 3 aromatic rings. The number of imidazole rings is 1. The second kappa shape index (κ2) is 7.36. The van der Waals surface area contributed by atoms with Crippen LogP contribution in [0, 0.1) is 0 Å². The number of aromatic amines is 1. The number of nitrogens with zero attached hydrogens (tertiary/aromatic N) is 2. The van der Waals surface area contributed by atoms with E-state index in [-0.39, 0.29) is 17.6 Å². The van der Waals surface area contributed by atoms with Crippen molar-refractivity contribution >= 4 is 29.3 Å². The Labute approximate surface area is 166 Å². The minimum atomic E-state index is -1.01. The van der Waals surface area contributed by atoms with Crippen molar-refractivity contribution in [2.75, 3.05) is 11.9 Å². The van der Waals surface area contributed by atoms with Gasteiger partial charge in [-0.1, -0.05) is 23.7 Å². The molecule has 0 aliphatic carbocycles. The van der Waals surface area contributed by atoms with Gasteiger partial charge in [0.2, 0.25) is 0 Å². The number of hydrogen-bond acceptors (Lipinski definition) is 3. The van der Waals surface area contributed by atoms with Crippen LogP contribution in [0.15, 0.2) is 54.9 Å². The Morgan fingerprint density at radius 1 is 1.14 bits per heavy atom. The molecule has 0 spiro atoms. The Morgan fingerprint density at radius 3 is 2.54 bits per heavy atom. The molecule has 4 rings (SSSR count). The summed E-state index contributed by atoms with van der Waals surface area (Å²) in [5.41, 5.74) is 3.42. The van der Waals surface area contributed by atoms with Crippen LogP contribution in [0.3, 0.4) is 0 Å². The number of rotatable bonds is 3. The van der Waals surface area contributed by atoms with Crippen LogP contribution in [0.2, 0.25) is 5.02 Å². The van der Waals surface area contributed by atoms with Crippen LogP contribution >= 0.6 is 11.6 Å². The maximum Gasteiger partial charge on any atom is 0.335 e. The molecule has 0 radical (unpaired) electrons. The largest absolute Gasteiger partial charge is 0.478 e. The van der Waals surface area contributed by atoms with Gasteiger partial charge >= 0.3 is 12.0 Å². The number of carbonyl (C=O) groups is 2. The van der Waals surface area contributed by atoms with Crippen LogP contribution in [0.1, 0.15) is 33.4 Å². The number of nitrogens with one attached hydrogen (secondary N) is 2. The number of hydrogen-bond donors (Lipinski definition) is 3. The van der Waals surface area contributed by atoms with E-state index in [1.165, 1.54) is 12.1 Å². The summed E-state index contributed by atoms with van der Waals surface area (Å²) in [5.74, 6) is -1.01. The Kier molecular flexibility index (Phi) is 4.75. The number of aromatic carboxylic acids is 1. The average Bonchev–Trinajstić information content (AvgIpc) is 3.17. The number of aromatic nitrogens is 2. The van der Waals surface area contributed by atoms with E-state index in [4.69, 9.17) is 16.7 Å². The van der Waals surface area contributed by atoms with Crippen molar-refractivity contribution in [3.8, 4) is 0 Å². The minimum absolute atomic E-state index is 0.163. The first kappa shape index (κ1) is 18.1. The standard InChI is InChI=1S/C20H17ClN4O3/c21-14-5-1-12(2-6-14)18-17-16(22-11-23-17)9-10-25(18)20(28)24-15-7-3-13(4-8-15)19(26)27/h1-8,11,18H,9-10H2,(H,22,23)(H,24,28)(H,26,27)/t18-/m0/s1. The number of carboxylic acids is 1. The zero-order valence-corrected chi connectivity index (χ0v) is 15.5. The SMILES string of the molecule is O=C(O)c1ccc(NC(=O)N2CCc3[nH]cnc3[C@@H]2c2ccc(Cl)cc2)cc1. The maximum absolute atomic E-state index is 13.0. The van der Waals surface area contributed by atoms with Gasteiger partial charge in [-0.25, -0.2) is 14.6 Å². The molecule has 1 aliphatic rings. The van der Waals surface area contributed by atoms with E-state index in [9.17, 15) is 9.59 Å². The van der Waals surface area contributed by atoms with Gasteiger partial charge in [0.1, 0.15) is 6.04 Å². The molecule has 2 aromatic carbocycles. The molecule has 0 saturated heterocycles. The van der Waals surface area contributed by atoms with Gasteiger partial charge in [-0.05, 0) is 42.0 Å². The summed E-state index contributed by atoms with van der Waals surface area (Å²) in [5, 5.41) is 12.5. The molecule has 0 unspecified atom stereocenters. The fraction of sp³-hybridized carbons (Fsp3) is 0.150. The molecule has 1 aliphatic heterocycles.